The Morgan fingerprint density at radius 2 is 1.15 bits per heavy atom. The number of hydrogen-bond acceptors (Lipinski definition) is 4. The van der Waals surface area contributed by atoms with Crippen LogP contribution in [0.25, 0.3) is 6.08 Å². The van der Waals surface area contributed by atoms with E-state index in [4.69, 9.17) is 8.85 Å². The maximum absolute atomic E-state index is 11.4. The van der Waals surface area contributed by atoms with Gasteiger partial charge >= 0.3 is 0 Å². The first-order valence-electron chi connectivity index (χ1n) is 13.5. The van der Waals surface area contributed by atoms with Gasteiger partial charge in [-0.2, -0.15) is 0 Å². The highest BCUT2D eigenvalue weighted by molar-refractivity contribution is 9.10. The molecule has 0 radical (unpaired) electrons. The van der Waals surface area contributed by atoms with Gasteiger partial charge in [-0.25, -0.2) is 0 Å². The number of Topliss-reactive ketones (excluding diaryl/α,β-unsaturated/α-hetero) is 2. The van der Waals surface area contributed by atoms with Crippen LogP contribution in [0, 0.1) is 0 Å². The highest BCUT2D eigenvalue weighted by atomic mass is 79.9. The topological polar surface area (TPSA) is 52.6 Å². The molecular formula is C32H49BrO4Si2. The van der Waals surface area contributed by atoms with Crippen molar-refractivity contribution in [1.29, 1.82) is 0 Å². The van der Waals surface area contributed by atoms with E-state index in [0.29, 0.717) is 13.2 Å². The molecule has 0 unspecified atom stereocenters. The van der Waals surface area contributed by atoms with Gasteiger partial charge in [0.2, 0.25) is 0 Å². The molecule has 0 saturated carbocycles. The fraction of sp³-hybridized carbons (Fsp3) is 0.500. The van der Waals surface area contributed by atoms with Gasteiger partial charge in [-0.05, 0) is 78.9 Å². The van der Waals surface area contributed by atoms with Crippen LogP contribution in [0.1, 0.15) is 92.8 Å². The minimum Gasteiger partial charge on any atom is -0.413 e. The van der Waals surface area contributed by atoms with E-state index in [2.05, 4.69) is 90.2 Å². The Labute approximate surface area is 248 Å². The Morgan fingerprint density at radius 3 is 1.51 bits per heavy atom. The summed E-state index contributed by atoms with van der Waals surface area (Å²) in [6.45, 7) is 30.5. The molecule has 0 saturated heterocycles. The first kappa shape index (κ1) is 35.4. The zero-order valence-electron chi connectivity index (χ0n) is 26.2. The van der Waals surface area contributed by atoms with Gasteiger partial charge < -0.3 is 8.85 Å². The number of rotatable bonds is 9. The third-order valence-electron chi connectivity index (χ3n) is 8.02. The summed E-state index contributed by atoms with van der Waals surface area (Å²) in [7, 11) is -3.49. The molecule has 0 bridgehead atoms. The summed E-state index contributed by atoms with van der Waals surface area (Å²) >= 11 is 3.52. The van der Waals surface area contributed by atoms with E-state index in [0.717, 1.165) is 32.3 Å². The summed E-state index contributed by atoms with van der Waals surface area (Å²) in [5, 5.41) is 0.402. The zero-order chi connectivity index (χ0) is 30.4. The Bertz CT molecular complexity index is 1170. The molecule has 0 N–H and O–H groups in total. The van der Waals surface area contributed by atoms with Gasteiger partial charge in [0.05, 0.1) is 13.2 Å². The van der Waals surface area contributed by atoms with Crippen LogP contribution in [-0.2, 0) is 22.1 Å². The number of halogens is 1. The summed E-state index contributed by atoms with van der Waals surface area (Å²) in [6.07, 6.45) is 1.79. The van der Waals surface area contributed by atoms with Gasteiger partial charge in [-0.15, -0.1) is 0 Å². The monoisotopic (exact) mass is 632 g/mol. The molecule has 0 spiro atoms. The normalized spacial score (nSPS) is 12.4. The van der Waals surface area contributed by atoms with E-state index in [1.54, 1.807) is 19.9 Å². The van der Waals surface area contributed by atoms with Crippen molar-refractivity contribution >= 4 is 50.2 Å². The molecule has 2 aromatic carbocycles. The number of hydrogen-bond donors (Lipinski definition) is 0. The molecular weight excluding hydrogens is 584 g/mol. The number of carbonyl (C=O) groups is 2. The van der Waals surface area contributed by atoms with Crippen molar-refractivity contribution in [2.75, 3.05) is 0 Å². The third-order valence-corrected chi connectivity index (χ3v) is 17.7. The second-order valence-corrected chi connectivity index (χ2v) is 23.6. The largest absolute Gasteiger partial charge is 0.413 e. The SMILES string of the molecule is C=Cc1cc(C(C)=O)ccc1CO[Si](C)(C)C(C)(C)C.CC(=O)c1ccc(CO[Si](C)(C)C(C)(C)C)c(Br)c1. The maximum atomic E-state index is 11.4. The van der Waals surface area contributed by atoms with Gasteiger partial charge in [0, 0.05) is 15.6 Å². The Balaban J connectivity index is 0.000000391. The van der Waals surface area contributed by atoms with Crippen LogP contribution in [0.15, 0.2) is 47.4 Å². The van der Waals surface area contributed by atoms with Crippen LogP contribution in [0.3, 0.4) is 0 Å². The van der Waals surface area contributed by atoms with Crippen molar-refractivity contribution in [3.63, 3.8) is 0 Å². The molecule has 2 aromatic rings. The lowest BCUT2D eigenvalue weighted by atomic mass is 10.0. The smallest absolute Gasteiger partial charge is 0.192 e. The minimum absolute atomic E-state index is 0.0740. The minimum atomic E-state index is -1.76. The fourth-order valence-corrected chi connectivity index (χ4v) is 5.36. The molecule has 2 rings (SSSR count). The summed E-state index contributed by atoms with van der Waals surface area (Å²) in [4.78, 5) is 22.7. The molecule has 39 heavy (non-hydrogen) atoms. The van der Waals surface area contributed by atoms with Crippen LogP contribution < -0.4 is 0 Å². The fourth-order valence-electron chi connectivity index (χ4n) is 2.97. The predicted molar refractivity (Wildman–Crippen MR) is 175 cm³/mol. The molecule has 216 valence electrons. The quantitative estimate of drug-likeness (QED) is 0.204. The number of ketones is 2. The van der Waals surface area contributed by atoms with Crippen LogP contribution in [0.4, 0.5) is 0 Å². The van der Waals surface area contributed by atoms with Crippen molar-refractivity contribution in [2.45, 2.75) is 105 Å². The van der Waals surface area contributed by atoms with Gasteiger partial charge in [-0.1, -0.05) is 94.4 Å². The average molecular weight is 634 g/mol. The molecule has 0 heterocycles. The van der Waals surface area contributed by atoms with E-state index in [1.165, 1.54) is 0 Å². The van der Waals surface area contributed by atoms with Crippen LogP contribution in [-0.4, -0.2) is 28.2 Å². The lowest BCUT2D eigenvalue weighted by Crippen LogP contribution is -2.40. The van der Waals surface area contributed by atoms with Gasteiger partial charge in [-0.3, -0.25) is 9.59 Å². The van der Waals surface area contributed by atoms with E-state index < -0.39 is 16.6 Å². The van der Waals surface area contributed by atoms with Crippen molar-refractivity contribution in [3.8, 4) is 0 Å². The van der Waals surface area contributed by atoms with E-state index in [1.807, 2.05) is 36.4 Å². The standard InChI is InChI=1S/C17H26O2Si.C15H23BrO2Si/c1-8-14-11-15(13(2)18)9-10-16(14)12-19-20(6,7)17(3,4)5;1-11(17)12-7-8-13(14(16)9-12)10-18-19(5,6)15(2,3)4/h8-11H,1,12H2,2-7H3;7-9H,10H2,1-6H3. The van der Waals surface area contributed by atoms with Gasteiger partial charge in [0.15, 0.2) is 28.2 Å². The number of benzene rings is 2. The first-order valence-corrected chi connectivity index (χ1v) is 20.1. The molecule has 0 aromatic heterocycles. The molecule has 4 nitrogen and oxygen atoms in total. The van der Waals surface area contributed by atoms with Crippen molar-refractivity contribution in [1.82, 2.24) is 0 Å². The maximum Gasteiger partial charge on any atom is 0.192 e. The molecule has 0 fully saturated rings. The summed E-state index contributed by atoms with van der Waals surface area (Å²) < 4.78 is 13.4. The van der Waals surface area contributed by atoms with Crippen LogP contribution in [0.5, 0.6) is 0 Å². The zero-order valence-corrected chi connectivity index (χ0v) is 29.8. The Morgan fingerprint density at radius 1 is 0.769 bits per heavy atom. The van der Waals surface area contributed by atoms with Crippen LogP contribution >= 0.6 is 15.9 Å². The average Bonchev–Trinajstić information content (AvgIpc) is 2.80. The lowest BCUT2D eigenvalue weighted by molar-refractivity contribution is 0.100. The van der Waals surface area contributed by atoms with E-state index in [-0.39, 0.29) is 21.6 Å². The Kier molecular flexibility index (Phi) is 12.5. The summed E-state index contributed by atoms with van der Waals surface area (Å²) in [6, 6.07) is 11.4. The summed E-state index contributed by atoms with van der Waals surface area (Å²) in [5.74, 6) is 0.155. The molecule has 0 aliphatic heterocycles. The molecule has 0 aliphatic rings. The van der Waals surface area contributed by atoms with Gasteiger partial charge in [0.25, 0.3) is 0 Å². The molecule has 0 aliphatic carbocycles. The first-order chi connectivity index (χ1) is 17.6. The Hall–Kier alpha value is -1.65. The van der Waals surface area contributed by atoms with E-state index in [9.17, 15) is 9.59 Å². The van der Waals surface area contributed by atoms with Crippen molar-refractivity contribution in [2.24, 2.45) is 0 Å². The van der Waals surface area contributed by atoms with Crippen molar-refractivity contribution < 1.29 is 18.4 Å². The number of carbonyl (C=O) groups excluding carboxylic acids is 2. The molecule has 0 amide bonds. The highest BCUT2D eigenvalue weighted by Crippen LogP contribution is 2.38. The van der Waals surface area contributed by atoms with E-state index >= 15 is 0 Å². The summed E-state index contributed by atoms with van der Waals surface area (Å²) in [5.41, 5.74) is 4.61. The molecule has 0 atom stereocenters. The second kappa shape index (κ2) is 13.8. The van der Waals surface area contributed by atoms with Crippen LogP contribution in [0.2, 0.25) is 36.3 Å². The van der Waals surface area contributed by atoms with Crippen molar-refractivity contribution in [3.05, 3.63) is 75.3 Å². The lowest BCUT2D eigenvalue weighted by Gasteiger charge is -2.36. The van der Waals surface area contributed by atoms with Gasteiger partial charge in [0.1, 0.15) is 0 Å². The molecule has 7 heteroatoms. The predicted octanol–water partition coefficient (Wildman–Crippen LogP) is 10.2. The highest BCUT2D eigenvalue weighted by Gasteiger charge is 2.38. The third kappa shape index (κ3) is 10.4. The second-order valence-electron chi connectivity index (χ2n) is 13.1.